The Hall–Kier alpha value is -1.63. The van der Waals surface area contributed by atoms with Crippen LogP contribution in [0.2, 0.25) is 0 Å². The zero-order valence-electron chi connectivity index (χ0n) is 19.4. The van der Waals surface area contributed by atoms with E-state index in [1.54, 1.807) is 11.8 Å². The molecule has 2 aliphatic rings. The molecule has 2 aromatic heterocycles. The Kier molecular flexibility index (Phi) is 6.46. The Morgan fingerprint density at radius 3 is 2.66 bits per heavy atom. The molecule has 32 heavy (non-hydrogen) atoms. The topological polar surface area (TPSA) is 38.2 Å². The van der Waals surface area contributed by atoms with Gasteiger partial charge in [0.25, 0.3) is 0 Å². The van der Waals surface area contributed by atoms with Gasteiger partial charge >= 0.3 is 0 Å². The third kappa shape index (κ3) is 4.42. The van der Waals surface area contributed by atoms with Crippen molar-refractivity contribution in [2.24, 2.45) is 5.92 Å². The second-order valence-electron chi connectivity index (χ2n) is 9.34. The predicted octanol–water partition coefficient (Wildman–Crippen LogP) is 6.50. The summed E-state index contributed by atoms with van der Waals surface area (Å²) < 4.78 is 6.25. The van der Waals surface area contributed by atoms with Crippen LogP contribution < -0.4 is 4.90 Å². The van der Waals surface area contributed by atoms with Gasteiger partial charge in [0.05, 0.1) is 17.6 Å². The van der Waals surface area contributed by atoms with Gasteiger partial charge in [0.15, 0.2) is 5.16 Å². The van der Waals surface area contributed by atoms with Crippen LogP contribution in [0.15, 0.2) is 35.5 Å². The Morgan fingerprint density at radius 1 is 1.16 bits per heavy atom. The lowest BCUT2D eigenvalue weighted by Gasteiger charge is -2.35. The number of nitrogens with zero attached hydrogens (tertiary/aromatic N) is 3. The van der Waals surface area contributed by atoms with Crippen LogP contribution in [0.4, 0.5) is 5.82 Å². The molecular weight excluding hydrogens is 434 g/mol. The molecule has 0 amide bonds. The zero-order chi connectivity index (χ0) is 22.1. The minimum Gasteiger partial charge on any atom is -0.369 e. The molecule has 0 N–H and O–H groups in total. The molecule has 1 fully saturated rings. The number of thiophene rings is 1. The number of rotatable bonds is 6. The monoisotopic (exact) mass is 467 g/mol. The smallest absolute Gasteiger partial charge is 0.190 e. The molecule has 1 saturated heterocycles. The standard InChI is InChI=1S/C26H33N3OS2/c1-4-26(3)16-20-21(17-30-26)32-24-22(20)23(27-25(28-24)31-5-2)29-13-11-19(12-14-29)15-18-9-7-6-8-10-18/h6-10,19H,4-5,11-17H2,1-3H3/t26-/m0/s1. The number of benzene rings is 1. The molecule has 1 aromatic carbocycles. The minimum atomic E-state index is -0.0855. The second-order valence-corrected chi connectivity index (χ2v) is 11.7. The maximum absolute atomic E-state index is 6.25. The van der Waals surface area contributed by atoms with Crippen molar-refractivity contribution in [3.8, 4) is 0 Å². The van der Waals surface area contributed by atoms with Crippen LogP contribution in [-0.4, -0.2) is 34.4 Å². The van der Waals surface area contributed by atoms with Crippen molar-refractivity contribution in [1.29, 1.82) is 0 Å². The van der Waals surface area contributed by atoms with Gasteiger partial charge in [-0.1, -0.05) is 55.9 Å². The summed E-state index contributed by atoms with van der Waals surface area (Å²) in [7, 11) is 0. The lowest BCUT2D eigenvalue weighted by Crippen LogP contribution is -2.36. The number of anilines is 1. The summed E-state index contributed by atoms with van der Waals surface area (Å²) in [6, 6.07) is 10.9. The first-order chi connectivity index (χ1) is 15.6. The van der Waals surface area contributed by atoms with Crippen molar-refractivity contribution in [2.75, 3.05) is 23.7 Å². The molecule has 6 heteroatoms. The molecule has 0 unspecified atom stereocenters. The zero-order valence-corrected chi connectivity index (χ0v) is 21.0. The highest BCUT2D eigenvalue weighted by Crippen LogP contribution is 2.44. The molecule has 4 heterocycles. The molecule has 1 atom stereocenters. The van der Waals surface area contributed by atoms with Crippen molar-refractivity contribution in [3.63, 3.8) is 0 Å². The number of piperidine rings is 1. The Bertz CT molecular complexity index is 1080. The maximum atomic E-state index is 6.25. The van der Waals surface area contributed by atoms with E-state index in [0.717, 1.165) is 47.6 Å². The van der Waals surface area contributed by atoms with E-state index < -0.39 is 0 Å². The van der Waals surface area contributed by atoms with Crippen LogP contribution in [-0.2, 0) is 24.2 Å². The number of hydrogen-bond donors (Lipinski definition) is 0. The van der Waals surface area contributed by atoms with Gasteiger partial charge in [0.2, 0.25) is 0 Å². The second kappa shape index (κ2) is 9.32. The molecule has 0 radical (unpaired) electrons. The van der Waals surface area contributed by atoms with Gasteiger partial charge in [0, 0.05) is 24.4 Å². The summed E-state index contributed by atoms with van der Waals surface area (Å²) in [6.45, 7) is 9.50. The normalized spacial score (nSPS) is 21.8. The summed E-state index contributed by atoms with van der Waals surface area (Å²) in [6.07, 6.45) is 5.61. The fourth-order valence-electron chi connectivity index (χ4n) is 4.98. The van der Waals surface area contributed by atoms with Crippen LogP contribution in [0.5, 0.6) is 0 Å². The van der Waals surface area contributed by atoms with Crippen LogP contribution >= 0.6 is 23.1 Å². The third-order valence-corrected chi connectivity index (χ3v) is 8.93. The van der Waals surface area contributed by atoms with Crippen molar-refractivity contribution in [3.05, 3.63) is 46.3 Å². The van der Waals surface area contributed by atoms with Crippen molar-refractivity contribution in [1.82, 2.24) is 9.97 Å². The van der Waals surface area contributed by atoms with Gasteiger partial charge in [-0.2, -0.15) is 0 Å². The van der Waals surface area contributed by atoms with Crippen molar-refractivity contribution < 1.29 is 4.74 Å². The fourth-order valence-corrected chi connectivity index (χ4v) is 6.70. The van der Waals surface area contributed by atoms with Gasteiger partial charge in [0.1, 0.15) is 10.6 Å². The van der Waals surface area contributed by atoms with E-state index in [4.69, 9.17) is 14.7 Å². The SMILES string of the molecule is CCSc1nc(N2CCC(Cc3ccccc3)CC2)c2c3c(sc2n1)CO[C@@](C)(CC)C3. The molecule has 0 spiro atoms. The minimum absolute atomic E-state index is 0.0855. The van der Waals surface area contributed by atoms with Gasteiger partial charge in [-0.05, 0) is 55.4 Å². The Morgan fingerprint density at radius 2 is 1.94 bits per heavy atom. The molecular formula is C26H33N3OS2. The molecule has 0 bridgehead atoms. The van der Waals surface area contributed by atoms with E-state index in [0.29, 0.717) is 6.61 Å². The molecule has 3 aromatic rings. The van der Waals surface area contributed by atoms with Crippen LogP contribution in [0, 0.1) is 5.92 Å². The lowest BCUT2D eigenvalue weighted by atomic mass is 9.89. The number of ether oxygens (including phenoxy) is 1. The number of thioether (sulfide) groups is 1. The van der Waals surface area contributed by atoms with Gasteiger partial charge in [-0.25, -0.2) is 9.97 Å². The highest BCUT2D eigenvalue weighted by atomic mass is 32.2. The number of fused-ring (bicyclic) bond motifs is 3. The summed E-state index contributed by atoms with van der Waals surface area (Å²) in [5.41, 5.74) is 2.82. The average molecular weight is 468 g/mol. The molecule has 5 rings (SSSR count). The van der Waals surface area contributed by atoms with E-state index in [9.17, 15) is 0 Å². The highest BCUT2D eigenvalue weighted by molar-refractivity contribution is 7.99. The quantitative estimate of drug-likeness (QED) is 0.305. The first kappa shape index (κ1) is 22.2. The van der Waals surface area contributed by atoms with E-state index in [-0.39, 0.29) is 5.60 Å². The first-order valence-corrected chi connectivity index (χ1v) is 13.8. The fraction of sp³-hybridized carbons (Fsp3) is 0.538. The third-order valence-electron chi connectivity index (χ3n) is 7.10. The maximum Gasteiger partial charge on any atom is 0.190 e. The summed E-state index contributed by atoms with van der Waals surface area (Å²) >= 11 is 3.56. The van der Waals surface area contributed by atoms with E-state index in [2.05, 4.69) is 56.0 Å². The molecule has 0 aliphatic carbocycles. The molecule has 0 saturated carbocycles. The summed E-state index contributed by atoms with van der Waals surface area (Å²) in [5.74, 6) is 2.91. The van der Waals surface area contributed by atoms with Gasteiger partial charge < -0.3 is 9.64 Å². The van der Waals surface area contributed by atoms with Crippen LogP contribution in [0.1, 0.15) is 56.0 Å². The number of aromatic nitrogens is 2. The highest BCUT2D eigenvalue weighted by Gasteiger charge is 2.34. The van der Waals surface area contributed by atoms with E-state index in [1.807, 2.05) is 11.3 Å². The largest absolute Gasteiger partial charge is 0.369 e. The molecule has 170 valence electrons. The lowest BCUT2D eigenvalue weighted by molar-refractivity contribution is -0.0543. The van der Waals surface area contributed by atoms with Crippen molar-refractivity contribution >= 4 is 39.1 Å². The van der Waals surface area contributed by atoms with Crippen LogP contribution in [0.3, 0.4) is 0 Å². The number of hydrogen-bond acceptors (Lipinski definition) is 6. The predicted molar refractivity (Wildman–Crippen MR) is 136 cm³/mol. The van der Waals surface area contributed by atoms with E-state index >= 15 is 0 Å². The summed E-state index contributed by atoms with van der Waals surface area (Å²) in [4.78, 5) is 15.1. The van der Waals surface area contributed by atoms with Crippen LogP contribution in [0.25, 0.3) is 10.2 Å². The Labute approximate surface area is 199 Å². The summed E-state index contributed by atoms with van der Waals surface area (Å²) in [5, 5.41) is 2.22. The average Bonchev–Trinajstić information content (AvgIpc) is 3.17. The van der Waals surface area contributed by atoms with E-state index in [1.165, 1.54) is 46.5 Å². The Balaban J connectivity index is 1.44. The van der Waals surface area contributed by atoms with Gasteiger partial charge in [-0.3, -0.25) is 0 Å². The molecule has 4 nitrogen and oxygen atoms in total. The first-order valence-electron chi connectivity index (χ1n) is 12.0. The van der Waals surface area contributed by atoms with Gasteiger partial charge in [-0.15, -0.1) is 11.3 Å². The van der Waals surface area contributed by atoms with Crippen molar-refractivity contribution in [2.45, 2.75) is 70.2 Å². The molecule has 2 aliphatic heterocycles.